The number of carbonyl (C=O) groups is 1. The maximum absolute atomic E-state index is 13.7. The van der Waals surface area contributed by atoms with Crippen molar-refractivity contribution in [1.82, 2.24) is 9.62 Å². The van der Waals surface area contributed by atoms with Crippen LogP contribution in [-0.4, -0.2) is 49.8 Å². The molecule has 2 N–H and O–H groups in total. The number of hydrogen-bond acceptors (Lipinski definition) is 4. The number of likely N-dealkylation sites (tertiary alicyclic amines) is 1. The molecule has 3 atom stereocenters. The van der Waals surface area contributed by atoms with Crippen LogP contribution in [0.4, 0.5) is 8.78 Å². The van der Waals surface area contributed by atoms with Gasteiger partial charge in [0.05, 0.1) is 18.4 Å². The summed E-state index contributed by atoms with van der Waals surface area (Å²) in [7, 11) is -3.49. The van der Waals surface area contributed by atoms with Crippen LogP contribution >= 0.6 is 0 Å². The summed E-state index contributed by atoms with van der Waals surface area (Å²) in [5.74, 6) is -0.790. The summed E-state index contributed by atoms with van der Waals surface area (Å²) in [5, 5.41) is 10.7. The molecule has 1 aliphatic heterocycles. The van der Waals surface area contributed by atoms with Gasteiger partial charge >= 0.3 is 0 Å². The Morgan fingerprint density at radius 3 is 2.00 bits per heavy atom. The minimum absolute atomic E-state index is 0.0982. The van der Waals surface area contributed by atoms with Crippen LogP contribution in [0.5, 0.6) is 0 Å². The number of aliphatic hydroxyl groups is 1. The van der Waals surface area contributed by atoms with Gasteiger partial charge in [0.1, 0.15) is 11.6 Å². The molecule has 1 fully saturated rings. The SMILES string of the molecule is C[C@H](c1ccc(-c2ccc(F)cc2)cc1)N1CC[C@@](CC(O)CNS(C)(=O)=O)(c2ccc(F)cc2)CC1=O. The highest BCUT2D eigenvalue weighted by Crippen LogP contribution is 2.42. The van der Waals surface area contributed by atoms with E-state index in [1.54, 1.807) is 29.2 Å². The van der Waals surface area contributed by atoms with E-state index in [4.69, 9.17) is 0 Å². The first-order chi connectivity index (χ1) is 18.0. The summed E-state index contributed by atoms with van der Waals surface area (Å²) in [6, 6.07) is 19.8. The van der Waals surface area contributed by atoms with E-state index in [-0.39, 0.29) is 37.2 Å². The molecule has 1 aliphatic rings. The van der Waals surface area contributed by atoms with Gasteiger partial charge in [-0.15, -0.1) is 0 Å². The molecule has 0 aromatic heterocycles. The van der Waals surface area contributed by atoms with Gasteiger partial charge in [0, 0.05) is 24.9 Å². The molecular weight excluding hydrogens is 510 g/mol. The molecule has 3 aromatic carbocycles. The van der Waals surface area contributed by atoms with Crippen LogP contribution in [0.2, 0.25) is 0 Å². The van der Waals surface area contributed by atoms with Crippen LogP contribution in [0.25, 0.3) is 11.1 Å². The van der Waals surface area contributed by atoms with E-state index < -0.39 is 27.4 Å². The Balaban J connectivity index is 1.51. The van der Waals surface area contributed by atoms with Crippen molar-refractivity contribution in [3.63, 3.8) is 0 Å². The fourth-order valence-corrected chi connectivity index (χ4v) is 5.73. The van der Waals surface area contributed by atoms with Gasteiger partial charge in [-0.3, -0.25) is 4.79 Å². The topological polar surface area (TPSA) is 86.7 Å². The average molecular weight is 543 g/mol. The van der Waals surface area contributed by atoms with Crippen molar-refractivity contribution in [2.45, 2.75) is 43.7 Å². The summed E-state index contributed by atoms with van der Waals surface area (Å²) in [4.78, 5) is 15.3. The average Bonchev–Trinajstić information content (AvgIpc) is 2.88. The summed E-state index contributed by atoms with van der Waals surface area (Å²) < 4.78 is 52.2. The number of carbonyl (C=O) groups excluding carboxylic acids is 1. The Hall–Kier alpha value is -3.14. The van der Waals surface area contributed by atoms with E-state index in [0.717, 1.165) is 28.5 Å². The lowest BCUT2D eigenvalue weighted by Crippen LogP contribution is -2.49. The third-order valence-electron chi connectivity index (χ3n) is 7.34. The van der Waals surface area contributed by atoms with Gasteiger partial charge in [0.2, 0.25) is 15.9 Å². The second kappa shape index (κ2) is 11.3. The zero-order valence-electron chi connectivity index (χ0n) is 21.4. The highest BCUT2D eigenvalue weighted by molar-refractivity contribution is 7.88. The molecule has 202 valence electrons. The van der Waals surface area contributed by atoms with Crippen LogP contribution < -0.4 is 4.72 Å². The molecule has 4 rings (SSSR count). The maximum Gasteiger partial charge on any atom is 0.223 e. The fraction of sp³-hybridized carbons (Fsp3) is 0.345. The lowest BCUT2D eigenvalue weighted by molar-refractivity contribution is -0.139. The number of piperidine rings is 1. The van der Waals surface area contributed by atoms with E-state index >= 15 is 0 Å². The highest BCUT2D eigenvalue weighted by Gasteiger charge is 2.43. The highest BCUT2D eigenvalue weighted by atomic mass is 32.2. The van der Waals surface area contributed by atoms with Gasteiger partial charge < -0.3 is 10.0 Å². The van der Waals surface area contributed by atoms with Crippen LogP contribution in [-0.2, 0) is 20.2 Å². The molecule has 0 aliphatic carbocycles. The number of nitrogens with zero attached hydrogens (tertiary/aromatic N) is 1. The van der Waals surface area contributed by atoms with E-state index in [9.17, 15) is 27.1 Å². The Morgan fingerprint density at radius 2 is 1.47 bits per heavy atom. The summed E-state index contributed by atoms with van der Waals surface area (Å²) in [6.45, 7) is 2.21. The van der Waals surface area contributed by atoms with E-state index in [1.807, 2.05) is 31.2 Å². The van der Waals surface area contributed by atoms with Crippen LogP contribution in [0, 0.1) is 11.6 Å². The Labute approximate surface area is 222 Å². The molecule has 6 nitrogen and oxygen atoms in total. The van der Waals surface area contributed by atoms with Crippen molar-refractivity contribution >= 4 is 15.9 Å². The molecule has 1 heterocycles. The number of aliphatic hydroxyl groups excluding tert-OH is 1. The number of rotatable bonds is 9. The van der Waals surface area contributed by atoms with Gasteiger partial charge in [-0.05, 0) is 66.3 Å². The minimum atomic E-state index is -3.49. The van der Waals surface area contributed by atoms with Crippen molar-refractivity contribution in [1.29, 1.82) is 0 Å². The normalized spacial score (nSPS) is 19.8. The number of halogens is 2. The molecule has 1 amide bonds. The number of amides is 1. The number of nitrogens with one attached hydrogen (secondary N) is 1. The second-order valence-corrected chi connectivity index (χ2v) is 11.9. The molecule has 0 bridgehead atoms. The smallest absolute Gasteiger partial charge is 0.223 e. The van der Waals surface area contributed by atoms with Crippen LogP contribution in [0.3, 0.4) is 0 Å². The monoisotopic (exact) mass is 542 g/mol. The van der Waals surface area contributed by atoms with E-state index in [0.29, 0.717) is 13.0 Å². The number of sulfonamides is 1. The lowest BCUT2D eigenvalue weighted by Gasteiger charge is -2.44. The molecule has 0 spiro atoms. The largest absolute Gasteiger partial charge is 0.392 e. The van der Waals surface area contributed by atoms with Crippen molar-refractivity contribution in [2.75, 3.05) is 19.3 Å². The van der Waals surface area contributed by atoms with E-state index in [1.165, 1.54) is 24.3 Å². The summed E-state index contributed by atoms with van der Waals surface area (Å²) in [6.07, 6.45) is 0.780. The van der Waals surface area contributed by atoms with Crippen molar-refractivity contribution in [3.8, 4) is 11.1 Å². The first-order valence-corrected chi connectivity index (χ1v) is 14.4. The summed E-state index contributed by atoms with van der Waals surface area (Å²) in [5.41, 5.74) is 2.77. The lowest BCUT2D eigenvalue weighted by atomic mass is 9.68. The molecular formula is C29H32F2N2O4S. The van der Waals surface area contributed by atoms with Gasteiger partial charge in [0.15, 0.2) is 0 Å². The Bertz CT molecular complexity index is 1360. The van der Waals surface area contributed by atoms with Gasteiger partial charge in [-0.25, -0.2) is 21.9 Å². The van der Waals surface area contributed by atoms with Crippen molar-refractivity contribution in [3.05, 3.63) is 95.6 Å². The Kier molecular flexibility index (Phi) is 8.30. The predicted molar refractivity (Wildman–Crippen MR) is 143 cm³/mol. The first kappa shape index (κ1) is 27.9. The van der Waals surface area contributed by atoms with Gasteiger partial charge in [-0.2, -0.15) is 0 Å². The first-order valence-electron chi connectivity index (χ1n) is 12.5. The zero-order chi connectivity index (χ0) is 27.5. The quantitative estimate of drug-likeness (QED) is 0.415. The number of hydrogen-bond donors (Lipinski definition) is 2. The fourth-order valence-electron chi connectivity index (χ4n) is 5.24. The third kappa shape index (κ3) is 6.64. The second-order valence-electron chi connectivity index (χ2n) is 10.1. The maximum atomic E-state index is 13.7. The molecule has 1 saturated heterocycles. The van der Waals surface area contributed by atoms with Crippen molar-refractivity contribution < 1.29 is 27.1 Å². The van der Waals surface area contributed by atoms with Crippen LogP contribution in [0.15, 0.2) is 72.8 Å². The molecule has 1 unspecified atom stereocenters. The standard InChI is InChI=1S/C29H32F2N2O4S/c1-20(21-3-5-22(6-4-21)23-7-11-25(30)12-8-23)33-16-15-29(18-28(33)35,24-9-13-26(31)14-10-24)17-27(34)19-32-38(2,36)37/h3-14,20,27,32,34H,15-19H2,1-2H3/t20-,27?,29+/m1/s1. The zero-order valence-corrected chi connectivity index (χ0v) is 22.2. The van der Waals surface area contributed by atoms with Crippen LogP contribution in [0.1, 0.15) is 43.4 Å². The summed E-state index contributed by atoms with van der Waals surface area (Å²) >= 11 is 0. The molecule has 9 heteroatoms. The number of benzene rings is 3. The van der Waals surface area contributed by atoms with Gasteiger partial charge in [-0.1, -0.05) is 48.5 Å². The molecule has 38 heavy (non-hydrogen) atoms. The molecule has 0 saturated carbocycles. The third-order valence-corrected chi connectivity index (χ3v) is 8.03. The molecule has 3 aromatic rings. The van der Waals surface area contributed by atoms with Crippen molar-refractivity contribution in [2.24, 2.45) is 0 Å². The predicted octanol–water partition coefficient (Wildman–Crippen LogP) is 4.55. The molecule has 0 radical (unpaired) electrons. The Morgan fingerprint density at radius 1 is 0.947 bits per heavy atom. The van der Waals surface area contributed by atoms with Gasteiger partial charge in [0.25, 0.3) is 0 Å². The van der Waals surface area contributed by atoms with E-state index in [2.05, 4.69) is 4.72 Å². The minimum Gasteiger partial charge on any atom is -0.392 e.